The monoisotopic (exact) mass is 567 g/mol. The third-order valence-corrected chi connectivity index (χ3v) is 6.85. The second-order valence-corrected chi connectivity index (χ2v) is 10.0. The Kier molecular flexibility index (Phi) is 9.18. The molecule has 0 saturated heterocycles. The molecule has 0 bridgehead atoms. The quantitative estimate of drug-likeness (QED) is 0.126. The van der Waals surface area contributed by atoms with Gasteiger partial charge in [-0.3, -0.25) is 4.79 Å². The molecule has 0 aliphatic carbocycles. The maximum Gasteiger partial charge on any atom is 0.261 e. The molecule has 1 N–H and O–H groups in total. The van der Waals surface area contributed by atoms with E-state index in [0.29, 0.717) is 13.2 Å². The Bertz CT molecular complexity index is 1450. The van der Waals surface area contributed by atoms with Crippen LogP contribution in [0.25, 0.3) is 11.8 Å². The first kappa shape index (κ1) is 27.0. The van der Waals surface area contributed by atoms with Crippen molar-refractivity contribution in [3.05, 3.63) is 123 Å². The van der Waals surface area contributed by atoms with Crippen LogP contribution in [0.5, 0.6) is 5.75 Å². The second-order valence-electron chi connectivity index (χ2n) is 9.09. The van der Waals surface area contributed by atoms with E-state index in [-0.39, 0.29) is 11.5 Å². The Morgan fingerprint density at radius 3 is 2.39 bits per heavy atom. The van der Waals surface area contributed by atoms with Crippen LogP contribution in [0.4, 0.5) is 0 Å². The molecule has 4 aromatic rings. The van der Waals surface area contributed by atoms with Gasteiger partial charge in [-0.15, -0.1) is 0 Å². The number of nitriles is 1. The van der Waals surface area contributed by atoms with E-state index in [9.17, 15) is 10.1 Å². The molecule has 0 radical (unpaired) electrons. The van der Waals surface area contributed by atoms with Gasteiger partial charge in [0.25, 0.3) is 5.91 Å². The minimum atomic E-state index is -0.349. The molecule has 1 aromatic heterocycles. The van der Waals surface area contributed by atoms with E-state index in [1.54, 1.807) is 6.08 Å². The fourth-order valence-electron chi connectivity index (χ4n) is 4.31. The van der Waals surface area contributed by atoms with Crippen LogP contribution in [0.1, 0.15) is 34.5 Å². The van der Waals surface area contributed by atoms with Crippen molar-refractivity contribution in [3.63, 3.8) is 0 Å². The fourth-order valence-corrected chi connectivity index (χ4v) is 4.57. The number of benzene rings is 3. The molecular weight excluding hydrogens is 538 g/mol. The molecule has 0 atom stereocenters. The second kappa shape index (κ2) is 12.9. The summed E-state index contributed by atoms with van der Waals surface area (Å²) in [6.07, 6.45) is 3.36. The lowest BCUT2D eigenvalue weighted by Crippen LogP contribution is -2.25. The van der Waals surface area contributed by atoms with Crippen molar-refractivity contribution in [1.29, 1.82) is 5.26 Å². The molecule has 1 heterocycles. The normalized spacial score (nSPS) is 11.2. The van der Waals surface area contributed by atoms with E-state index in [1.165, 1.54) is 5.56 Å². The van der Waals surface area contributed by atoms with Crippen molar-refractivity contribution in [2.24, 2.45) is 0 Å². The molecule has 38 heavy (non-hydrogen) atoms. The number of aromatic nitrogens is 1. The van der Waals surface area contributed by atoms with Crippen LogP contribution >= 0.6 is 15.9 Å². The number of halogens is 1. The number of aryl methyl sites for hydroxylation is 2. The molecule has 0 aliphatic heterocycles. The maximum absolute atomic E-state index is 12.7. The average molecular weight is 569 g/mol. The molecule has 0 fully saturated rings. The van der Waals surface area contributed by atoms with Crippen molar-refractivity contribution in [3.8, 4) is 17.5 Å². The summed E-state index contributed by atoms with van der Waals surface area (Å²) in [4.78, 5) is 12.7. The SMILES string of the molecule is Cc1cc(/C=C(/C#N)C(=O)NCCCc2ccccc2)c(C)n1-c1ccc(OCc2ccc(Br)cc2)cc1. The van der Waals surface area contributed by atoms with Gasteiger partial charge in [-0.1, -0.05) is 58.4 Å². The van der Waals surface area contributed by atoms with E-state index in [0.717, 1.165) is 51.3 Å². The summed E-state index contributed by atoms with van der Waals surface area (Å²) in [5, 5.41) is 12.5. The molecule has 5 nitrogen and oxygen atoms in total. The summed E-state index contributed by atoms with van der Waals surface area (Å²) in [7, 11) is 0. The van der Waals surface area contributed by atoms with Crippen molar-refractivity contribution in [1.82, 2.24) is 9.88 Å². The van der Waals surface area contributed by atoms with Crippen LogP contribution in [0.3, 0.4) is 0 Å². The van der Waals surface area contributed by atoms with Crippen LogP contribution in [-0.4, -0.2) is 17.0 Å². The Hall–Kier alpha value is -4.08. The van der Waals surface area contributed by atoms with Gasteiger partial charge in [-0.2, -0.15) is 5.26 Å². The smallest absolute Gasteiger partial charge is 0.261 e. The molecule has 0 saturated carbocycles. The highest BCUT2D eigenvalue weighted by Crippen LogP contribution is 2.25. The molecule has 0 aliphatic rings. The highest BCUT2D eigenvalue weighted by Gasteiger charge is 2.14. The first-order valence-corrected chi connectivity index (χ1v) is 13.3. The van der Waals surface area contributed by atoms with Gasteiger partial charge < -0.3 is 14.6 Å². The summed E-state index contributed by atoms with van der Waals surface area (Å²) in [6.45, 7) is 5.01. The first-order valence-electron chi connectivity index (χ1n) is 12.5. The lowest BCUT2D eigenvalue weighted by molar-refractivity contribution is -0.117. The number of hydrogen-bond donors (Lipinski definition) is 1. The third kappa shape index (κ3) is 7.02. The van der Waals surface area contributed by atoms with Crippen molar-refractivity contribution in [2.75, 3.05) is 6.54 Å². The van der Waals surface area contributed by atoms with E-state index in [2.05, 4.69) is 44.0 Å². The number of hydrogen-bond acceptors (Lipinski definition) is 3. The highest BCUT2D eigenvalue weighted by molar-refractivity contribution is 9.10. The summed E-state index contributed by atoms with van der Waals surface area (Å²) in [5.41, 5.74) is 6.22. The van der Waals surface area contributed by atoms with E-state index in [1.807, 2.05) is 86.6 Å². The minimum Gasteiger partial charge on any atom is -0.489 e. The van der Waals surface area contributed by atoms with Gasteiger partial charge in [0, 0.05) is 28.1 Å². The number of nitrogens with zero attached hydrogens (tertiary/aromatic N) is 2. The fraction of sp³-hybridized carbons (Fsp3) is 0.188. The van der Waals surface area contributed by atoms with Gasteiger partial charge in [-0.25, -0.2) is 0 Å². The van der Waals surface area contributed by atoms with Crippen LogP contribution < -0.4 is 10.1 Å². The largest absolute Gasteiger partial charge is 0.489 e. The number of ether oxygens (including phenoxy) is 1. The Balaban J connectivity index is 1.39. The average Bonchev–Trinajstić information content (AvgIpc) is 3.22. The Labute approximate surface area is 232 Å². The number of nitrogens with one attached hydrogen (secondary N) is 1. The van der Waals surface area contributed by atoms with Crippen LogP contribution in [-0.2, 0) is 17.8 Å². The molecular formula is C32H30BrN3O2. The molecule has 6 heteroatoms. The van der Waals surface area contributed by atoms with Crippen LogP contribution in [0, 0.1) is 25.2 Å². The molecule has 3 aromatic carbocycles. The lowest BCUT2D eigenvalue weighted by atomic mass is 10.1. The van der Waals surface area contributed by atoms with Crippen molar-refractivity contribution in [2.45, 2.75) is 33.3 Å². The summed E-state index contributed by atoms with van der Waals surface area (Å²) < 4.78 is 9.08. The number of amides is 1. The Morgan fingerprint density at radius 1 is 1.00 bits per heavy atom. The first-order chi connectivity index (χ1) is 18.4. The molecule has 0 unspecified atom stereocenters. The molecule has 4 rings (SSSR count). The van der Waals surface area contributed by atoms with Crippen molar-refractivity contribution < 1.29 is 9.53 Å². The number of carbonyl (C=O) groups is 1. The summed E-state index contributed by atoms with van der Waals surface area (Å²) >= 11 is 3.45. The molecule has 192 valence electrons. The summed E-state index contributed by atoms with van der Waals surface area (Å²) in [6, 6.07) is 30.2. The van der Waals surface area contributed by atoms with Gasteiger partial charge in [0.1, 0.15) is 24.0 Å². The van der Waals surface area contributed by atoms with Gasteiger partial charge in [0.2, 0.25) is 0 Å². The lowest BCUT2D eigenvalue weighted by Gasteiger charge is -2.12. The molecule has 1 amide bonds. The number of carbonyl (C=O) groups excluding carboxylic acids is 1. The van der Waals surface area contributed by atoms with Gasteiger partial charge in [0.15, 0.2) is 0 Å². The standard InChI is InChI=1S/C32H30BrN3O2/c1-23-19-27(20-28(21-34)32(37)35-18-6-9-25-7-4-3-5-8-25)24(2)36(23)30-14-16-31(17-15-30)38-22-26-10-12-29(33)13-11-26/h3-5,7-8,10-17,19-20H,6,9,18,22H2,1-2H3,(H,35,37)/b28-20-. The van der Waals surface area contributed by atoms with Gasteiger partial charge >= 0.3 is 0 Å². The van der Waals surface area contributed by atoms with Crippen LogP contribution in [0.2, 0.25) is 0 Å². The predicted molar refractivity (Wildman–Crippen MR) is 155 cm³/mol. The topological polar surface area (TPSA) is 67.0 Å². The zero-order valence-corrected chi connectivity index (χ0v) is 23.2. The van der Waals surface area contributed by atoms with Gasteiger partial charge in [0.05, 0.1) is 0 Å². The summed E-state index contributed by atoms with van der Waals surface area (Å²) in [5.74, 6) is 0.438. The number of rotatable bonds is 10. The van der Waals surface area contributed by atoms with Gasteiger partial charge in [-0.05, 0) is 91.9 Å². The zero-order valence-electron chi connectivity index (χ0n) is 21.6. The molecule has 0 spiro atoms. The predicted octanol–water partition coefficient (Wildman–Crippen LogP) is 7.09. The maximum atomic E-state index is 12.7. The van der Waals surface area contributed by atoms with Crippen molar-refractivity contribution >= 4 is 27.9 Å². The van der Waals surface area contributed by atoms with E-state index >= 15 is 0 Å². The minimum absolute atomic E-state index is 0.0988. The van der Waals surface area contributed by atoms with E-state index < -0.39 is 0 Å². The van der Waals surface area contributed by atoms with E-state index in [4.69, 9.17) is 4.74 Å². The van der Waals surface area contributed by atoms with Crippen LogP contribution in [0.15, 0.2) is 95.0 Å². The zero-order chi connectivity index (χ0) is 26.9. The third-order valence-electron chi connectivity index (χ3n) is 6.32. The highest BCUT2D eigenvalue weighted by atomic mass is 79.9. The Morgan fingerprint density at radius 2 is 1.71 bits per heavy atom.